The molecule has 2 aliphatic carbocycles. The molecule has 1 aromatic rings. The van der Waals surface area contributed by atoms with Gasteiger partial charge in [0.15, 0.2) is 0 Å². The smallest absolute Gasteiger partial charge is 0.130 e. The van der Waals surface area contributed by atoms with Crippen molar-refractivity contribution in [3.63, 3.8) is 0 Å². The second-order valence-electron chi connectivity index (χ2n) is 4.94. The zero-order valence-corrected chi connectivity index (χ0v) is 10.4. The number of rotatable bonds is 5. The molecule has 0 saturated heterocycles. The second kappa shape index (κ2) is 3.91. The maximum absolute atomic E-state index is 4.26. The van der Waals surface area contributed by atoms with Gasteiger partial charge >= 0.3 is 0 Å². The van der Waals surface area contributed by atoms with E-state index in [2.05, 4.69) is 15.3 Å². The molecule has 0 aromatic carbocycles. The average molecular weight is 235 g/mol. The molecule has 4 heteroatoms. The van der Waals surface area contributed by atoms with Crippen LogP contribution in [0.2, 0.25) is 0 Å². The van der Waals surface area contributed by atoms with Crippen LogP contribution in [0.3, 0.4) is 0 Å². The highest BCUT2D eigenvalue weighted by Gasteiger charge is 2.53. The molecule has 0 radical (unpaired) electrons. The molecule has 16 heavy (non-hydrogen) atoms. The van der Waals surface area contributed by atoms with Crippen LogP contribution >= 0.6 is 11.8 Å². The maximum atomic E-state index is 4.26. The molecule has 2 aliphatic rings. The van der Waals surface area contributed by atoms with E-state index < -0.39 is 0 Å². The molecule has 0 bridgehead atoms. The van der Waals surface area contributed by atoms with Gasteiger partial charge in [-0.15, -0.1) is 11.8 Å². The topological polar surface area (TPSA) is 37.8 Å². The van der Waals surface area contributed by atoms with Crippen LogP contribution in [-0.2, 0) is 0 Å². The first-order valence-corrected chi connectivity index (χ1v) is 7.15. The summed E-state index contributed by atoms with van der Waals surface area (Å²) in [7, 11) is 0. The average Bonchev–Trinajstić information content (AvgIpc) is 3.17. The highest BCUT2D eigenvalue weighted by Crippen LogP contribution is 2.61. The number of nitrogens with one attached hydrogen (secondary N) is 1. The third-order valence-corrected chi connectivity index (χ3v) is 4.45. The van der Waals surface area contributed by atoms with Gasteiger partial charge in [0.2, 0.25) is 0 Å². The second-order valence-corrected chi connectivity index (χ2v) is 5.76. The van der Waals surface area contributed by atoms with E-state index >= 15 is 0 Å². The summed E-state index contributed by atoms with van der Waals surface area (Å²) in [5.41, 5.74) is 0.629. The third kappa shape index (κ3) is 2.03. The van der Waals surface area contributed by atoms with Crippen LogP contribution in [0.15, 0.2) is 17.4 Å². The molecule has 2 fully saturated rings. The Labute approximate surface area is 100 Å². The Bertz CT molecular complexity index is 386. The molecule has 86 valence electrons. The van der Waals surface area contributed by atoms with Crippen molar-refractivity contribution >= 4 is 17.6 Å². The van der Waals surface area contributed by atoms with Crippen LogP contribution in [0.4, 0.5) is 5.82 Å². The molecule has 1 N–H and O–H groups in total. The summed E-state index contributed by atoms with van der Waals surface area (Å²) in [6.45, 7) is 1.10. The van der Waals surface area contributed by atoms with Gasteiger partial charge in [0, 0.05) is 12.6 Å². The molecule has 2 saturated carbocycles. The minimum absolute atomic E-state index is 0.629. The van der Waals surface area contributed by atoms with Crippen LogP contribution in [-0.4, -0.2) is 22.8 Å². The molecule has 0 atom stereocenters. The van der Waals surface area contributed by atoms with Crippen LogP contribution in [0, 0.1) is 11.3 Å². The number of aromatic nitrogens is 2. The van der Waals surface area contributed by atoms with Crippen LogP contribution < -0.4 is 5.32 Å². The Hall–Kier alpha value is -0.770. The van der Waals surface area contributed by atoms with E-state index in [4.69, 9.17) is 0 Å². The van der Waals surface area contributed by atoms with Crippen molar-refractivity contribution in [2.75, 3.05) is 18.1 Å². The summed E-state index contributed by atoms with van der Waals surface area (Å²) < 4.78 is 0. The lowest BCUT2D eigenvalue weighted by Crippen LogP contribution is -2.18. The molecule has 3 rings (SSSR count). The number of hydrogen-bond acceptors (Lipinski definition) is 4. The van der Waals surface area contributed by atoms with Crippen LogP contribution in [0.25, 0.3) is 0 Å². The van der Waals surface area contributed by atoms with Crippen molar-refractivity contribution in [3.8, 4) is 0 Å². The summed E-state index contributed by atoms with van der Waals surface area (Å²) in [5.74, 6) is 1.98. The summed E-state index contributed by atoms with van der Waals surface area (Å²) in [4.78, 5) is 8.44. The van der Waals surface area contributed by atoms with Gasteiger partial charge in [0.1, 0.15) is 17.2 Å². The van der Waals surface area contributed by atoms with Crippen LogP contribution in [0.1, 0.15) is 25.7 Å². The van der Waals surface area contributed by atoms with Crippen molar-refractivity contribution in [1.29, 1.82) is 0 Å². The highest BCUT2D eigenvalue weighted by molar-refractivity contribution is 7.98. The van der Waals surface area contributed by atoms with Crippen molar-refractivity contribution in [1.82, 2.24) is 9.97 Å². The standard InChI is InChI=1S/C12H17N3S/c1-16-11-6-10(14-8-15-11)13-7-12(4-5-12)9-2-3-9/h6,8-9H,2-5,7H2,1H3,(H,13,14,15). The Morgan fingerprint density at radius 2 is 2.25 bits per heavy atom. The quantitative estimate of drug-likeness (QED) is 0.629. The Kier molecular flexibility index (Phi) is 2.54. The largest absolute Gasteiger partial charge is 0.369 e. The summed E-state index contributed by atoms with van der Waals surface area (Å²) in [5, 5.41) is 4.51. The fraction of sp³-hybridized carbons (Fsp3) is 0.667. The predicted molar refractivity (Wildman–Crippen MR) is 66.7 cm³/mol. The van der Waals surface area contributed by atoms with Gasteiger partial charge in [-0.2, -0.15) is 0 Å². The number of anilines is 1. The first kappa shape index (κ1) is 10.4. The summed E-state index contributed by atoms with van der Waals surface area (Å²) >= 11 is 1.66. The highest BCUT2D eigenvalue weighted by atomic mass is 32.2. The first-order chi connectivity index (χ1) is 7.82. The predicted octanol–water partition coefficient (Wildman–Crippen LogP) is 2.80. The molecule has 1 aromatic heterocycles. The van der Waals surface area contributed by atoms with E-state index in [9.17, 15) is 0 Å². The van der Waals surface area contributed by atoms with Gasteiger partial charge in [-0.05, 0) is 43.3 Å². The van der Waals surface area contributed by atoms with Gasteiger partial charge in [-0.25, -0.2) is 9.97 Å². The molecule has 0 spiro atoms. The van der Waals surface area contributed by atoms with E-state index in [1.807, 2.05) is 12.3 Å². The SMILES string of the molecule is CSc1cc(NCC2(C3CC3)CC2)ncn1. The molecular weight excluding hydrogens is 218 g/mol. The van der Waals surface area contributed by atoms with E-state index in [-0.39, 0.29) is 0 Å². The fourth-order valence-electron chi connectivity index (χ4n) is 2.40. The molecule has 1 heterocycles. The molecule has 0 amide bonds. The van der Waals surface area contributed by atoms with Crippen molar-refractivity contribution in [3.05, 3.63) is 12.4 Å². The van der Waals surface area contributed by atoms with Crippen molar-refractivity contribution < 1.29 is 0 Å². The number of nitrogens with zero attached hydrogens (tertiary/aromatic N) is 2. The molecule has 0 unspecified atom stereocenters. The fourth-order valence-corrected chi connectivity index (χ4v) is 2.78. The monoisotopic (exact) mass is 235 g/mol. The first-order valence-electron chi connectivity index (χ1n) is 5.92. The molecule has 3 nitrogen and oxygen atoms in total. The van der Waals surface area contributed by atoms with E-state index in [0.717, 1.165) is 23.3 Å². The summed E-state index contributed by atoms with van der Waals surface area (Å²) in [6, 6.07) is 2.04. The van der Waals surface area contributed by atoms with Gasteiger partial charge < -0.3 is 5.32 Å². The van der Waals surface area contributed by atoms with Gasteiger partial charge in [0.05, 0.1) is 0 Å². The lowest BCUT2D eigenvalue weighted by molar-refractivity contribution is 0.466. The minimum Gasteiger partial charge on any atom is -0.369 e. The number of thioether (sulfide) groups is 1. The van der Waals surface area contributed by atoms with Crippen LogP contribution in [0.5, 0.6) is 0 Å². The summed E-state index contributed by atoms with van der Waals surface area (Å²) in [6.07, 6.45) is 9.39. The van der Waals surface area contributed by atoms with E-state index in [0.29, 0.717) is 5.41 Å². The maximum Gasteiger partial charge on any atom is 0.130 e. The minimum atomic E-state index is 0.629. The van der Waals surface area contributed by atoms with Gasteiger partial charge in [-0.3, -0.25) is 0 Å². The zero-order chi connectivity index (χ0) is 11.0. The van der Waals surface area contributed by atoms with E-state index in [1.54, 1.807) is 18.1 Å². The van der Waals surface area contributed by atoms with E-state index in [1.165, 1.54) is 25.7 Å². The molecular formula is C12H17N3S. The normalized spacial score (nSPS) is 21.8. The van der Waals surface area contributed by atoms with Crippen molar-refractivity contribution in [2.24, 2.45) is 11.3 Å². The van der Waals surface area contributed by atoms with Gasteiger partial charge in [-0.1, -0.05) is 0 Å². The lowest BCUT2D eigenvalue weighted by atomic mass is 10.0. The Balaban J connectivity index is 1.61. The Morgan fingerprint density at radius 3 is 2.88 bits per heavy atom. The van der Waals surface area contributed by atoms with Crippen molar-refractivity contribution in [2.45, 2.75) is 30.7 Å². The third-order valence-electron chi connectivity index (χ3n) is 3.81. The zero-order valence-electron chi connectivity index (χ0n) is 9.57. The Morgan fingerprint density at radius 1 is 1.44 bits per heavy atom. The number of hydrogen-bond donors (Lipinski definition) is 1. The molecule has 0 aliphatic heterocycles. The van der Waals surface area contributed by atoms with Gasteiger partial charge in [0.25, 0.3) is 0 Å². The lowest BCUT2D eigenvalue weighted by Gasteiger charge is -2.15.